The van der Waals surface area contributed by atoms with Crippen molar-refractivity contribution in [1.82, 2.24) is 5.32 Å². The first-order chi connectivity index (χ1) is 9.04. The Hall–Kier alpha value is 0.320. The highest BCUT2D eigenvalue weighted by Gasteiger charge is 2.20. The monoisotopic (exact) mass is 465 g/mol. The zero-order chi connectivity index (χ0) is 14.0. The summed E-state index contributed by atoms with van der Waals surface area (Å²) in [6, 6.07) is 8.75. The van der Waals surface area contributed by atoms with E-state index in [1.165, 1.54) is 20.5 Å². The molecule has 1 unspecified atom stereocenters. The van der Waals surface area contributed by atoms with E-state index in [0.717, 1.165) is 14.8 Å². The Morgan fingerprint density at radius 2 is 1.95 bits per heavy atom. The molecule has 0 saturated heterocycles. The maximum atomic E-state index is 3.66. The molecule has 0 spiro atoms. The van der Waals surface area contributed by atoms with Gasteiger partial charge in [-0.1, -0.05) is 35.0 Å². The largest absolute Gasteiger partial charge is 0.306 e. The Labute approximate surface area is 143 Å². The van der Waals surface area contributed by atoms with E-state index in [0.29, 0.717) is 0 Å². The minimum atomic E-state index is 0.208. The van der Waals surface area contributed by atoms with E-state index in [1.54, 1.807) is 11.3 Å². The summed E-state index contributed by atoms with van der Waals surface area (Å²) in [6.45, 7) is 5.21. The second-order valence-corrected chi connectivity index (χ2v) is 8.83. The normalized spacial score (nSPS) is 12.7. The lowest BCUT2D eigenvalue weighted by Crippen LogP contribution is -2.22. The molecule has 0 aliphatic heterocycles. The molecule has 1 aromatic heterocycles. The van der Waals surface area contributed by atoms with E-state index in [1.807, 2.05) is 0 Å². The third kappa shape index (κ3) is 3.50. The number of rotatable bonds is 4. The molecule has 0 fully saturated rings. The highest BCUT2D eigenvalue weighted by Crippen LogP contribution is 2.39. The summed E-state index contributed by atoms with van der Waals surface area (Å²) in [5.41, 5.74) is 3.87. The number of nitrogens with one attached hydrogen (secondary N) is 1. The van der Waals surface area contributed by atoms with Crippen LogP contribution in [0.1, 0.15) is 29.7 Å². The number of hydrogen-bond donors (Lipinski definition) is 1. The summed E-state index contributed by atoms with van der Waals surface area (Å²) in [4.78, 5) is 0. The summed E-state index contributed by atoms with van der Waals surface area (Å²) in [5.74, 6) is 0. The van der Waals surface area contributed by atoms with Crippen LogP contribution in [-0.4, -0.2) is 6.54 Å². The van der Waals surface area contributed by atoms with Crippen LogP contribution in [0.5, 0.6) is 0 Å². The number of thiophene rings is 1. The van der Waals surface area contributed by atoms with Gasteiger partial charge in [0.1, 0.15) is 0 Å². The first-order valence-electron chi connectivity index (χ1n) is 5.97. The van der Waals surface area contributed by atoms with Gasteiger partial charge in [-0.3, -0.25) is 0 Å². The van der Waals surface area contributed by atoms with Crippen LogP contribution in [0, 0.1) is 6.92 Å². The Kier molecular flexibility index (Phi) is 5.66. The van der Waals surface area contributed by atoms with Crippen LogP contribution in [0.2, 0.25) is 0 Å². The molecule has 1 aromatic carbocycles. The van der Waals surface area contributed by atoms with Gasteiger partial charge < -0.3 is 5.32 Å². The first-order valence-corrected chi connectivity index (χ1v) is 9.17. The molecule has 5 heteroatoms. The molecule has 0 amide bonds. The first kappa shape index (κ1) is 15.7. The van der Waals surface area contributed by atoms with Gasteiger partial charge in [-0.05, 0) is 74.2 Å². The fourth-order valence-corrected chi connectivity index (χ4v) is 5.36. The SMILES string of the molecule is CCNC(c1cc(Br)sc1Br)c1cccc(Br)c1C. The average molecular weight is 468 g/mol. The Morgan fingerprint density at radius 1 is 1.21 bits per heavy atom. The highest BCUT2D eigenvalue weighted by molar-refractivity contribution is 9.12. The third-order valence-corrected chi connectivity index (χ3v) is 6.27. The van der Waals surface area contributed by atoms with Crippen molar-refractivity contribution in [3.63, 3.8) is 0 Å². The zero-order valence-electron chi connectivity index (χ0n) is 10.6. The van der Waals surface area contributed by atoms with Crippen molar-refractivity contribution in [2.45, 2.75) is 19.9 Å². The van der Waals surface area contributed by atoms with Gasteiger partial charge in [-0.15, -0.1) is 11.3 Å². The molecular weight excluding hydrogens is 454 g/mol. The van der Waals surface area contributed by atoms with E-state index in [9.17, 15) is 0 Å². The molecule has 0 saturated carbocycles. The van der Waals surface area contributed by atoms with Crippen molar-refractivity contribution in [1.29, 1.82) is 0 Å². The van der Waals surface area contributed by atoms with Crippen molar-refractivity contribution in [3.8, 4) is 0 Å². The Bertz CT molecular complexity index is 580. The summed E-state index contributed by atoms with van der Waals surface area (Å²) in [5, 5.41) is 3.57. The second kappa shape index (κ2) is 6.85. The predicted molar refractivity (Wildman–Crippen MR) is 94.1 cm³/mol. The van der Waals surface area contributed by atoms with E-state index >= 15 is 0 Å². The molecule has 0 aliphatic rings. The van der Waals surface area contributed by atoms with Crippen molar-refractivity contribution >= 4 is 59.1 Å². The number of hydrogen-bond acceptors (Lipinski definition) is 2. The lowest BCUT2D eigenvalue weighted by molar-refractivity contribution is 0.627. The Balaban J connectivity index is 2.51. The van der Waals surface area contributed by atoms with E-state index in [2.05, 4.69) is 91.2 Å². The molecule has 19 heavy (non-hydrogen) atoms. The van der Waals surface area contributed by atoms with Crippen LogP contribution in [0.25, 0.3) is 0 Å². The topological polar surface area (TPSA) is 12.0 Å². The fourth-order valence-electron chi connectivity index (χ4n) is 2.08. The molecule has 1 heterocycles. The molecule has 1 nitrogen and oxygen atoms in total. The minimum Gasteiger partial charge on any atom is -0.306 e. The van der Waals surface area contributed by atoms with E-state index < -0.39 is 0 Å². The van der Waals surface area contributed by atoms with Crippen LogP contribution < -0.4 is 5.32 Å². The number of halogens is 3. The van der Waals surface area contributed by atoms with Gasteiger partial charge >= 0.3 is 0 Å². The lowest BCUT2D eigenvalue weighted by atomic mass is 9.97. The standard InChI is InChI=1S/C14H14Br3NS/c1-3-18-13(10-7-12(16)19-14(10)17)9-5-4-6-11(15)8(9)2/h4-7,13,18H,3H2,1-2H3. The van der Waals surface area contributed by atoms with Gasteiger partial charge in [0.25, 0.3) is 0 Å². The van der Waals surface area contributed by atoms with Crippen molar-refractivity contribution in [2.24, 2.45) is 0 Å². The van der Waals surface area contributed by atoms with Gasteiger partial charge in [0.15, 0.2) is 0 Å². The molecule has 1 N–H and O–H groups in total. The molecule has 2 aromatic rings. The molecule has 2 rings (SSSR count). The van der Waals surface area contributed by atoms with Crippen LogP contribution in [-0.2, 0) is 0 Å². The molecule has 1 atom stereocenters. The van der Waals surface area contributed by atoms with E-state index in [4.69, 9.17) is 0 Å². The average Bonchev–Trinajstić information content (AvgIpc) is 2.69. The molecule has 0 aliphatic carbocycles. The van der Waals surface area contributed by atoms with Gasteiger partial charge in [0.2, 0.25) is 0 Å². The molecule has 102 valence electrons. The zero-order valence-corrected chi connectivity index (χ0v) is 16.2. The minimum absolute atomic E-state index is 0.208. The summed E-state index contributed by atoms with van der Waals surface area (Å²) >= 11 is 12.5. The van der Waals surface area contributed by atoms with Crippen LogP contribution in [0.4, 0.5) is 0 Å². The smallest absolute Gasteiger partial charge is 0.0761 e. The van der Waals surface area contributed by atoms with Crippen LogP contribution >= 0.6 is 59.1 Å². The maximum Gasteiger partial charge on any atom is 0.0761 e. The Morgan fingerprint density at radius 3 is 2.53 bits per heavy atom. The summed E-state index contributed by atoms with van der Waals surface area (Å²) in [6.07, 6.45) is 0. The summed E-state index contributed by atoms with van der Waals surface area (Å²) < 4.78 is 3.47. The maximum absolute atomic E-state index is 3.66. The summed E-state index contributed by atoms with van der Waals surface area (Å²) in [7, 11) is 0. The molecule has 0 radical (unpaired) electrons. The van der Waals surface area contributed by atoms with Crippen molar-refractivity contribution in [2.75, 3.05) is 6.54 Å². The fraction of sp³-hybridized carbons (Fsp3) is 0.286. The van der Waals surface area contributed by atoms with Gasteiger partial charge in [0.05, 0.1) is 13.6 Å². The quantitative estimate of drug-likeness (QED) is 0.577. The van der Waals surface area contributed by atoms with Gasteiger partial charge in [-0.25, -0.2) is 0 Å². The number of benzene rings is 1. The second-order valence-electron chi connectivity index (χ2n) is 4.22. The highest BCUT2D eigenvalue weighted by atomic mass is 79.9. The van der Waals surface area contributed by atoms with E-state index in [-0.39, 0.29) is 6.04 Å². The van der Waals surface area contributed by atoms with Crippen molar-refractivity contribution in [3.05, 3.63) is 53.0 Å². The van der Waals surface area contributed by atoms with Crippen molar-refractivity contribution < 1.29 is 0 Å². The van der Waals surface area contributed by atoms with Crippen LogP contribution in [0.3, 0.4) is 0 Å². The molecular formula is C14H14Br3NS. The third-order valence-electron chi connectivity index (χ3n) is 3.02. The lowest BCUT2D eigenvalue weighted by Gasteiger charge is -2.21. The van der Waals surface area contributed by atoms with Crippen LogP contribution in [0.15, 0.2) is 36.3 Å². The van der Waals surface area contributed by atoms with Gasteiger partial charge in [-0.2, -0.15) is 0 Å². The predicted octanol–water partition coefficient (Wildman–Crippen LogP) is 6.04. The molecule has 0 bridgehead atoms. The van der Waals surface area contributed by atoms with Gasteiger partial charge in [0, 0.05) is 4.47 Å².